The molecule has 26 heavy (non-hydrogen) atoms. The lowest BCUT2D eigenvalue weighted by molar-refractivity contribution is -0.141. The molecule has 3 N–H and O–H groups in total. The van der Waals surface area contributed by atoms with E-state index in [4.69, 9.17) is 15.2 Å². The van der Waals surface area contributed by atoms with Crippen LogP contribution in [0.3, 0.4) is 0 Å². The summed E-state index contributed by atoms with van der Waals surface area (Å²) < 4.78 is 10.5. The summed E-state index contributed by atoms with van der Waals surface area (Å²) in [5, 5.41) is 2.59. The molecule has 0 spiro atoms. The van der Waals surface area contributed by atoms with Crippen molar-refractivity contribution in [1.29, 1.82) is 0 Å². The van der Waals surface area contributed by atoms with E-state index in [0.717, 1.165) is 5.56 Å². The number of primary amides is 1. The van der Waals surface area contributed by atoms with E-state index < -0.39 is 17.9 Å². The lowest BCUT2D eigenvalue weighted by Gasteiger charge is -2.33. The summed E-state index contributed by atoms with van der Waals surface area (Å²) in [6.07, 6.45) is 0.572. The molecule has 1 fully saturated rings. The molecule has 0 radical (unpaired) electrons. The molecule has 3 rings (SSSR count). The number of esters is 1. The number of aliphatic imine (C=N–C) groups is 1. The average molecular weight is 360 g/mol. The van der Waals surface area contributed by atoms with Crippen LogP contribution < -0.4 is 15.8 Å². The minimum atomic E-state index is -1.08. The highest BCUT2D eigenvalue weighted by atomic mass is 16.5. The number of guanidine groups is 1. The first-order chi connectivity index (χ1) is 12.4. The predicted molar refractivity (Wildman–Crippen MR) is 91.7 cm³/mol. The molecule has 0 bridgehead atoms. The predicted octanol–water partition coefficient (Wildman–Crippen LogP) is 0.366. The number of carbonyl (C=O) groups is 3. The van der Waals surface area contributed by atoms with E-state index >= 15 is 0 Å². The van der Waals surface area contributed by atoms with Crippen LogP contribution in [0, 0.1) is 0 Å². The van der Waals surface area contributed by atoms with Crippen molar-refractivity contribution >= 4 is 29.4 Å². The number of benzene rings is 1. The second kappa shape index (κ2) is 7.03. The molecule has 2 atom stereocenters. The Morgan fingerprint density at radius 2 is 2.12 bits per heavy atom. The smallest absolute Gasteiger partial charge is 0.302 e. The molecule has 9 heteroatoms. The number of nitrogens with two attached hydrogens (primary N) is 1. The van der Waals surface area contributed by atoms with Crippen molar-refractivity contribution in [3.8, 4) is 5.75 Å². The molecule has 1 saturated heterocycles. The van der Waals surface area contributed by atoms with E-state index in [1.807, 2.05) is 13.0 Å². The van der Waals surface area contributed by atoms with E-state index in [1.54, 1.807) is 17.0 Å². The van der Waals surface area contributed by atoms with E-state index in [0.29, 0.717) is 37.0 Å². The third-order valence-corrected chi connectivity index (χ3v) is 4.23. The zero-order chi connectivity index (χ0) is 18.8. The lowest BCUT2D eigenvalue weighted by Crippen LogP contribution is -2.47. The lowest BCUT2D eigenvalue weighted by atomic mass is 10.0. The van der Waals surface area contributed by atoms with Crippen molar-refractivity contribution in [1.82, 2.24) is 10.2 Å². The number of fused-ring (bicyclic) bond motifs is 2. The molecular formula is C17H20N4O5. The molecule has 2 unspecified atom stereocenters. The van der Waals surface area contributed by atoms with Crippen molar-refractivity contribution < 1.29 is 23.9 Å². The van der Waals surface area contributed by atoms with Gasteiger partial charge in [0.05, 0.1) is 24.9 Å². The second-order valence-corrected chi connectivity index (χ2v) is 6.08. The van der Waals surface area contributed by atoms with Gasteiger partial charge in [-0.1, -0.05) is 0 Å². The first kappa shape index (κ1) is 17.7. The first-order valence-corrected chi connectivity index (χ1v) is 8.26. The summed E-state index contributed by atoms with van der Waals surface area (Å²) in [4.78, 5) is 40.3. The topological polar surface area (TPSA) is 123 Å². The van der Waals surface area contributed by atoms with E-state index in [9.17, 15) is 14.4 Å². The maximum absolute atomic E-state index is 12.0. The van der Waals surface area contributed by atoms with Crippen molar-refractivity contribution in [3.63, 3.8) is 0 Å². The Morgan fingerprint density at radius 1 is 1.35 bits per heavy atom. The van der Waals surface area contributed by atoms with Crippen molar-refractivity contribution in [2.75, 3.05) is 13.2 Å². The zero-order valence-corrected chi connectivity index (χ0v) is 14.5. The van der Waals surface area contributed by atoms with Gasteiger partial charge in [0.1, 0.15) is 5.75 Å². The Morgan fingerprint density at radius 3 is 2.81 bits per heavy atom. The van der Waals surface area contributed by atoms with Gasteiger partial charge in [-0.25, -0.2) is 4.99 Å². The standard InChI is InChI=1S/C17H20N4O5/c1-9-12-8-11(26-7-3-6-25-10(2)22)4-5-13(12)19-17-20-16(24)14(15(18)23)21(9)17/h4-5,8-9,14H,3,6-7H2,1-2H3,(H2,18,23)(H,19,20,24). The van der Waals surface area contributed by atoms with Gasteiger partial charge < -0.3 is 20.1 Å². The number of hydrogen-bond donors (Lipinski definition) is 2. The van der Waals surface area contributed by atoms with E-state index in [2.05, 4.69) is 10.3 Å². The van der Waals surface area contributed by atoms with Gasteiger partial charge in [-0.15, -0.1) is 0 Å². The Labute approximate surface area is 150 Å². The fourth-order valence-corrected chi connectivity index (χ4v) is 3.04. The Bertz CT molecular complexity index is 791. The molecule has 2 aliphatic heterocycles. The number of ether oxygens (including phenoxy) is 2. The molecular weight excluding hydrogens is 340 g/mol. The quantitative estimate of drug-likeness (QED) is 0.429. The van der Waals surface area contributed by atoms with E-state index in [-0.39, 0.29) is 12.0 Å². The van der Waals surface area contributed by atoms with Crippen molar-refractivity contribution in [3.05, 3.63) is 23.8 Å². The fourth-order valence-electron chi connectivity index (χ4n) is 3.04. The normalized spacial score (nSPS) is 20.6. The highest BCUT2D eigenvalue weighted by Gasteiger charge is 2.45. The second-order valence-electron chi connectivity index (χ2n) is 6.08. The highest BCUT2D eigenvalue weighted by Crippen LogP contribution is 2.39. The summed E-state index contributed by atoms with van der Waals surface area (Å²) >= 11 is 0. The van der Waals surface area contributed by atoms with Crippen molar-refractivity contribution in [2.45, 2.75) is 32.4 Å². The van der Waals surface area contributed by atoms with Crippen LogP contribution in [0.25, 0.3) is 0 Å². The van der Waals surface area contributed by atoms with Gasteiger partial charge in [-0.2, -0.15) is 0 Å². The van der Waals surface area contributed by atoms with Gasteiger partial charge in [-0.3, -0.25) is 19.7 Å². The highest BCUT2D eigenvalue weighted by molar-refractivity contribution is 6.17. The number of nitrogens with one attached hydrogen (secondary N) is 1. The molecule has 0 aromatic heterocycles. The summed E-state index contributed by atoms with van der Waals surface area (Å²) in [6.45, 7) is 3.92. The fraction of sp³-hybridized carbons (Fsp3) is 0.412. The van der Waals surface area contributed by atoms with Crippen LogP contribution >= 0.6 is 0 Å². The number of nitrogens with zero attached hydrogens (tertiary/aromatic N) is 2. The van der Waals surface area contributed by atoms with Crippen LogP contribution in [-0.2, 0) is 19.1 Å². The maximum atomic E-state index is 12.0. The number of hydrogen-bond acceptors (Lipinski definition) is 7. The molecule has 2 amide bonds. The SMILES string of the molecule is CC(=O)OCCCOc1ccc2c(c1)C(C)N1C(=N2)NC(=O)C1C(N)=O. The molecule has 0 aliphatic carbocycles. The molecule has 9 nitrogen and oxygen atoms in total. The largest absolute Gasteiger partial charge is 0.493 e. The van der Waals surface area contributed by atoms with E-state index in [1.165, 1.54) is 6.92 Å². The van der Waals surface area contributed by atoms with Crippen LogP contribution in [0.4, 0.5) is 5.69 Å². The van der Waals surface area contributed by atoms with Gasteiger partial charge in [0.25, 0.3) is 5.91 Å². The van der Waals surface area contributed by atoms with Gasteiger partial charge in [0.2, 0.25) is 11.9 Å². The molecule has 138 valence electrons. The van der Waals surface area contributed by atoms with Crippen LogP contribution in [0.15, 0.2) is 23.2 Å². The minimum absolute atomic E-state index is 0.279. The summed E-state index contributed by atoms with van der Waals surface area (Å²) in [5.74, 6) is -0.558. The Hall–Kier alpha value is -3.10. The van der Waals surface area contributed by atoms with Crippen molar-refractivity contribution in [2.24, 2.45) is 10.7 Å². The summed E-state index contributed by atoms with van der Waals surface area (Å²) in [6, 6.07) is 4.04. The average Bonchev–Trinajstić information content (AvgIpc) is 2.91. The van der Waals surface area contributed by atoms with Gasteiger partial charge in [-0.05, 0) is 25.1 Å². The monoisotopic (exact) mass is 360 g/mol. The third kappa shape index (κ3) is 3.32. The number of amides is 2. The van der Waals surface area contributed by atoms with Gasteiger partial charge >= 0.3 is 5.97 Å². The van der Waals surface area contributed by atoms with Crippen LogP contribution in [0.1, 0.15) is 31.9 Å². The number of rotatable bonds is 6. The molecule has 1 aromatic rings. The minimum Gasteiger partial charge on any atom is -0.493 e. The summed E-state index contributed by atoms with van der Waals surface area (Å²) in [7, 11) is 0. The third-order valence-electron chi connectivity index (χ3n) is 4.23. The summed E-state index contributed by atoms with van der Waals surface area (Å²) in [5.41, 5.74) is 6.89. The molecule has 2 aliphatic rings. The Balaban J connectivity index is 1.73. The zero-order valence-electron chi connectivity index (χ0n) is 14.5. The Kier molecular flexibility index (Phi) is 4.79. The van der Waals surface area contributed by atoms with Crippen LogP contribution in [0.2, 0.25) is 0 Å². The maximum Gasteiger partial charge on any atom is 0.302 e. The number of carbonyl (C=O) groups excluding carboxylic acids is 3. The molecule has 0 saturated carbocycles. The van der Waals surface area contributed by atoms with Crippen LogP contribution in [-0.4, -0.2) is 47.9 Å². The first-order valence-electron chi connectivity index (χ1n) is 8.26. The molecule has 1 aromatic carbocycles. The molecule has 2 heterocycles. The van der Waals surface area contributed by atoms with Gasteiger partial charge in [0.15, 0.2) is 6.04 Å². The van der Waals surface area contributed by atoms with Crippen LogP contribution in [0.5, 0.6) is 5.75 Å². The van der Waals surface area contributed by atoms with Gasteiger partial charge in [0, 0.05) is 18.9 Å².